The van der Waals surface area contributed by atoms with Crippen molar-refractivity contribution in [3.8, 4) is 0 Å². The first-order valence-electron chi connectivity index (χ1n) is 5.63. The van der Waals surface area contributed by atoms with Crippen LogP contribution in [0.3, 0.4) is 0 Å². The van der Waals surface area contributed by atoms with Crippen LogP contribution in [0.4, 0.5) is 0 Å². The number of nitrogens with one attached hydrogen (secondary N) is 1. The topological polar surface area (TPSA) is 68.2 Å². The number of pyridine rings is 1. The minimum absolute atomic E-state index is 0.450. The fourth-order valence-electron chi connectivity index (χ4n) is 2.19. The fourth-order valence-corrected chi connectivity index (χ4v) is 2.19. The molecule has 1 atom stereocenters. The molecule has 5 nitrogen and oxygen atoms in total. The summed E-state index contributed by atoms with van der Waals surface area (Å²) in [6.45, 7) is 2.55. The number of hydrogen-bond donors (Lipinski definition) is 2. The Morgan fingerprint density at radius 3 is 3.25 bits per heavy atom. The zero-order valence-corrected chi connectivity index (χ0v) is 9.06. The summed E-state index contributed by atoms with van der Waals surface area (Å²) in [5.41, 5.74) is 7.63. The number of fused-ring (bicyclic) bond motifs is 1. The lowest BCUT2D eigenvalue weighted by Gasteiger charge is -1.99. The van der Waals surface area contributed by atoms with Gasteiger partial charge in [-0.2, -0.15) is 5.10 Å². The summed E-state index contributed by atoms with van der Waals surface area (Å²) >= 11 is 0. The van der Waals surface area contributed by atoms with Crippen molar-refractivity contribution >= 4 is 5.65 Å². The Labute approximate surface area is 93.7 Å². The molecule has 84 valence electrons. The van der Waals surface area contributed by atoms with Crippen molar-refractivity contribution in [1.82, 2.24) is 19.9 Å². The van der Waals surface area contributed by atoms with E-state index in [1.54, 1.807) is 0 Å². The summed E-state index contributed by atoms with van der Waals surface area (Å²) in [7, 11) is 0. The van der Waals surface area contributed by atoms with Crippen LogP contribution in [0.15, 0.2) is 18.3 Å². The zero-order chi connectivity index (χ0) is 11.0. The summed E-state index contributed by atoms with van der Waals surface area (Å²) in [5.74, 6) is 1.39. The molecule has 1 unspecified atom stereocenters. The lowest BCUT2D eigenvalue weighted by molar-refractivity contribution is 0.698. The Kier molecular flexibility index (Phi) is 2.34. The number of aromatic nitrogens is 3. The number of hydrogen-bond acceptors (Lipinski definition) is 4. The average Bonchev–Trinajstić information content (AvgIpc) is 2.96. The maximum Gasteiger partial charge on any atom is 0.160 e. The van der Waals surface area contributed by atoms with Gasteiger partial charge >= 0.3 is 0 Å². The molecule has 0 bridgehead atoms. The van der Waals surface area contributed by atoms with Crippen molar-refractivity contribution in [2.24, 2.45) is 5.73 Å². The summed E-state index contributed by atoms with van der Waals surface area (Å²) in [6.07, 6.45) is 3.04. The van der Waals surface area contributed by atoms with Crippen molar-refractivity contribution in [2.45, 2.75) is 18.9 Å². The van der Waals surface area contributed by atoms with Crippen LogP contribution >= 0.6 is 0 Å². The van der Waals surface area contributed by atoms with E-state index in [0.29, 0.717) is 12.5 Å². The predicted octanol–water partition coefficient (Wildman–Crippen LogP) is 0.265. The Hall–Kier alpha value is -1.46. The first kappa shape index (κ1) is 9.74. The van der Waals surface area contributed by atoms with Crippen LogP contribution in [0.2, 0.25) is 0 Å². The Bertz CT molecular complexity index is 498. The van der Waals surface area contributed by atoms with Gasteiger partial charge in [0, 0.05) is 30.8 Å². The van der Waals surface area contributed by atoms with E-state index >= 15 is 0 Å². The number of nitrogens with two attached hydrogens (primary N) is 1. The van der Waals surface area contributed by atoms with E-state index in [-0.39, 0.29) is 0 Å². The third kappa shape index (κ3) is 1.48. The highest BCUT2D eigenvalue weighted by Crippen LogP contribution is 2.20. The first-order chi connectivity index (χ1) is 7.88. The molecule has 1 aliphatic rings. The Morgan fingerprint density at radius 1 is 1.56 bits per heavy atom. The van der Waals surface area contributed by atoms with Gasteiger partial charge in [-0.15, -0.1) is 0 Å². The lowest BCUT2D eigenvalue weighted by atomic mass is 10.1. The Morgan fingerprint density at radius 2 is 2.50 bits per heavy atom. The molecule has 3 heterocycles. The van der Waals surface area contributed by atoms with Gasteiger partial charge in [-0.3, -0.25) is 0 Å². The maximum atomic E-state index is 5.69. The highest BCUT2D eigenvalue weighted by Gasteiger charge is 2.21. The molecule has 0 aromatic carbocycles. The largest absolute Gasteiger partial charge is 0.326 e. The standard InChI is InChI=1S/C11H15N5/c12-6-8-2-1-5-16-11(8)14-10(15-16)9-3-4-13-7-9/h1-2,5,9,13H,3-4,6-7,12H2. The summed E-state index contributed by atoms with van der Waals surface area (Å²) in [6, 6.07) is 3.96. The second kappa shape index (κ2) is 3.84. The van der Waals surface area contributed by atoms with Gasteiger partial charge in [0.25, 0.3) is 0 Å². The van der Waals surface area contributed by atoms with Crippen molar-refractivity contribution in [2.75, 3.05) is 13.1 Å². The van der Waals surface area contributed by atoms with E-state index in [9.17, 15) is 0 Å². The SMILES string of the molecule is NCc1cccn2nc(C3CCNC3)nc12. The van der Waals surface area contributed by atoms with Crippen LogP contribution in [0.1, 0.15) is 23.7 Å². The molecule has 1 aliphatic heterocycles. The Balaban J connectivity index is 2.07. The highest BCUT2D eigenvalue weighted by atomic mass is 15.3. The lowest BCUT2D eigenvalue weighted by Crippen LogP contribution is -2.08. The quantitative estimate of drug-likeness (QED) is 0.757. The van der Waals surface area contributed by atoms with E-state index in [4.69, 9.17) is 5.73 Å². The smallest absolute Gasteiger partial charge is 0.160 e. The number of rotatable bonds is 2. The molecular weight excluding hydrogens is 202 g/mol. The second-order valence-corrected chi connectivity index (χ2v) is 4.17. The summed E-state index contributed by atoms with van der Waals surface area (Å²) in [5, 5.41) is 7.84. The summed E-state index contributed by atoms with van der Waals surface area (Å²) in [4.78, 5) is 4.60. The van der Waals surface area contributed by atoms with Crippen molar-refractivity contribution in [1.29, 1.82) is 0 Å². The molecule has 2 aromatic rings. The molecule has 16 heavy (non-hydrogen) atoms. The van der Waals surface area contributed by atoms with E-state index < -0.39 is 0 Å². The maximum absolute atomic E-state index is 5.69. The van der Waals surface area contributed by atoms with E-state index in [1.807, 2.05) is 22.8 Å². The van der Waals surface area contributed by atoms with Crippen LogP contribution in [0.25, 0.3) is 5.65 Å². The average molecular weight is 217 g/mol. The summed E-state index contributed by atoms with van der Waals surface area (Å²) < 4.78 is 1.83. The van der Waals surface area contributed by atoms with E-state index in [0.717, 1.165) is 36.5 Å². The third-order valence-corrected chi connectivity index (χ3v) is 3.10. The van der Waals surface area contributed by atoms with E-state index in [1.165, 1.54) is 0 Å². The van der Waals surface area contributed by atoms with Crippen LogP contribution in [0.5, 0.6) is 0 Å². The molecule has 0 aliphatic carbocycles. The van der Waals surface area contributed by atoms with Gasteiger partial charge in [-0.1, -0.05) is 6.07 Å². The van der Waals surface area contributed by atoms with Crippen molar-refractivity contribution < 1.29 is 0 Å². The molecule has 2 aromatic heterocycles. The molecule has 0 amide bonds. The zero-order valence-electron chi connectivity index (χ0n) is 9.06. The van der Waals surface area contributed by atoms with Crippen LogP contribution in [-0.4, -0.2) is 27.7 Å². The van der Waals surface area contributed by atoms with Crippen molar-refractivity contribution in [3.05, 3.63) is 29.7 Å². The van der Waals surface area contributed by atoms with Gasteiger partial charge in [-0.25, -0.2) is 9.50 Å². The highest BCUT2D eigenvalue weighted by molar-refractivity contribution is 5.47. The normalized spacial score (nSPS) is 20.7. The molecule has 3 rings (SSSR count). The predicted molar refractivity (Wildman–Crippen MR) is 61.1 cm³/mol. The van der Waals surface area contributed by atoms with Crippen molar-refractivity contribution in [3.63, 3.8) is 0 Å². The van der Waals surface area contributed by atoms with Crippen LogP contribution in [-0.2, 0) is 6.54 Å². The molecule has 1 fully saturated rings. The van der Waals surface area contributed by atoms with Gasteiger partial charge < -0.3 is 11.1 Å². The molecule has 0 radical (unpaired) electrons. The molecule has 3 N–H and O–H groups in total. The minimum atomic E-state index is 0.450. The third-order valence-electron chi connectivity index (χ3n) is 3.10. The minimum Gasteiger partial charge on any atom is -0.326 e. The van der Waals surface area contributed by atoms with Crippen LogP contribution < -0.4 is 11.1 Å². The monoisotopic (exact) mass is 217 g/mol. The first-order valence-corrected chi connectivity index (χ1v) is 5.63. The molecular formula is C11H15N5. The molecule has 0 saturated carbocycles. The molecule has 1 saturated heterocycles. The second-order valence-electron chi connectivity index (χ2n) is 4.17. The molecule has 0 spiro atoms. The number of nitrogens with zero attached hydrogens (tertiary/aromatic N) is 3. The van der Waals surface area contributed by atoms with Gasteiger partial charge in [0.15, 0.2) is 11.5 Å². The van der Waals surface area contributed by atoms with Gasteiger partial charge in [-0.05, 0) is 19.0 Å². The van der Waals surface area contributed by atoms with Gasteiger partial charge in [0.05, 0.1) is 0 Å². The van der Waals surface area contributed by atoms with Gasteiger partial charge in [0.2, 0.25) is 0 Å². The van der Waals surface area contributed by atoms with Crippen LogP contribution in [0, 0.1) is 0 Å². The van der Waals surface area contributed by atoms with Gasteiger partial charge in [0.1, 0.15) is 0 Å². The van der Waals surface area contributed by atoms with E-state index in [2.05, 4.69) is 15.4 Å². The fraction of sp³-hybridized carbons (Fsp3) is 0.455. The molecule has 5 heteroatoms.